The topological polar surface area (TPSA) is 64.6 Å². The largest absolute Gasteiger partial charge is 0.490 e. The molecular formula is C24H28BrNO4. The van der Waals surface area contributed by atoms with Gasteiger partial charge in [-0.1, -0.05) is 0 Å². The van der Waals surface area contributed by atoms with Gasteiger partial charge in [-0.25, -0.2) is 0 Å². The van der Waals surface area contributed by atoms with Crippen molar-refractivity contribution in [1.29, 1.82) is 0 Å². The summed E-state index contributed by atoms with van der Waals surface area (Å²) in [6.45, 7) is 6.37. The molecular weight excluding hydrogens is 446 g/mol. The summed E-state index contributed by atoms with van der Waals surface area (Å²) in [5.41, 5.74) is 4.38. The Morgan fingerprint density at radius 3 is 2.17 bits per heavy atom. The Bertz CT molecular complexity index is 918. The average Bonchev–Trinajstić information content (AvgIpc) is 2.69. The summed E-state index contributed by atoms with van der Waals surface area (Å²) in [6, 6.07) is 3.93. The van der Waals surface area contributed by atoms with Crippen LogP contribution in [0, 0.1) is 0 Å². The number of Topliss-reactive ketones (excluding diaryl/α,β-unsaturated/α-hetero) is 2. The smallest absolute Gasteiger partial charge is 0.175 e. The summed E-state index contributed by atoms with van der Waals surface area (Å²) in [4.78, 5) is 26.0. The number of benzene rings is 1. The second-order valence-corrected chi connectivity index (χ2v) is 9.18. The summed E-state index contributed by atoms with van der Waals surface area (Å²) in [6.07, 6.45) is 4.44. The maximum absolute atomic E-state index is 13.0. The lowest BCUT2D eigenvalue weighted by atomic mass is 9.71. The highest BCUT2D eigenvalue weighted by molar-refractivity contribution is 9.10. The van der Waals surface area contributed by atoms with E-state index >= 15 is 0 Å². The van der Waals surface area contributed by atoms with Gasteiger partial charge in [-0.15, -0.1) is 0 Å². The van der Waals surface area contributed by atoms with Crippen LogP contribution >= 0.6 is 15.9 Å². The molecule has 1 aromatic rings. The second kappa shape index (κ2) is 8.58. The number of ketones is 2. The Kier molecular flexibility index (Phi) is 6.05. The zero-order valence-electron chi connectivity index (χ0n) is 17.8. The molecule has 4 rings (SSSR count). The van der Waals surface area contributed by atoms with Crippen LogP contribution in [0.25, 0.3) is 0 Å². The maximum Gasteiger partial charge on any atom is 0.175 e. The van der Waals surface area contributed by atoms with Crippen LogP contribution in [0.15, 0.2) is 39.1 Å². The lowest BCUT2D eigenvalue weighted by Crippen LogP contribution is -2.36. The first kappa shape index (κ1) is 21.2. The number of ether oxygens (including phenoxy) is 2. The summed E-state index contributed by atoms with van der Waals surface area (Å²) in [5.74, 6) is 1.20. The zero-order chi connectivity index (χ0) is 21.4. The van der Waals surface area contributed by atoms with E-state index in [2.05, 4.69) is 21.2 Å². The molecule has 160 valence electrons. The number of halogens is 1. The van der Waals surface area contributed by atoms with Crippen molar-refractivity contribution in [3.05, 3.63) is 44.7 Å². The number of nitrogens with one attached hydrogen (secondary N) is 1. The number of carbonyl (C=O) groups excluding carboxylic acids is 2. The van der Waals surface area contributed by atoms with Crippen LogP contribution in [0.4, 0.5) is 0 Å². The SMILES string of the molecule is CCOc1cc(C2C3=C(CCCC3=O)NC3=C2C(=O)CCC3)cc(Br)c1OC(C)C. The Morgan fingerprint density at radius 1 is 1.03 bits per heavy atom. The minimum Gasteiger partial charge on any atom is -0.490 e. The molecule has 1 aromatic carbocycles. The molecule has 0 saturated heterocycles. The summed E-state index contributed by atoms with van der Waals surface area (Å²) >= 11 is 3.65. The fraction of sp³-hybridized carbons (Fsp3) is 0.500. The van der Waals surface area contributed by atoms with Gasteiger partial charge in [0.25, 0.3) is 0 Å². The van der Waals surface area contributed by atoms with Crippen molar-refractivity contribution in [1.82, 2.24) is 5.32 Å². The van der Waals surface area contributed by atoms with Gasteiger partial charge >= 0.3 is 0 Å². The number of carbonyl (C=O) groups is 2. The summed E-state index contributed by atoms with van der Waals surface area (Å²) in [7, 11) is 0. The van der Waals surface area contributed by atoms with Gasteiger partial charge in [-0.2, -0.15) is 0 Å². The van der Waals surface area contributed by atoms with Crippen LogP contribution in [0.5, 0.6) is 11.5 Å². The molecule has 0 unspecified atom stereocenters. The first-order valence-corrected chi connectivity index (χ1v) is 11.6. The number of dihydropyridines is 1. The molecule has 3 aliphatic rings. The molecule has 1 heterocycles. The Morgan fingerprint density at radius 2 is 1.63 bits per heavy atom. The highest BCUT2D eigenvalue weighted by Crippen LogP contribution is 2.48. The number of hydrogen-bond acceptors (Lipinski definition) is 5. The third-order valence-electron chi connectivity index (χ3n) is 5.81. The summed E-state index contributed by atoms with van der Waals surface area (Å²) in [5, 5.41) is 3.46. The molecule has 0 saturated carbocycles. The van der Waals surface area contributed by atoms with Crippen molar-refractivity contribution in [3.63, 3.8) is 0 Å². The number of hydrogen-bond donors (Lipinski definition) is 1. The van der Waals surface area contributed by atoms with Gasteiger partial charge in [0.2, 0.25) is 0 Å². The molecule has 0 aromatic heterocycles. The molecule has 0 bridgehead atoms. The van der Waals surface area contributed by atoms with Crippen LogP contribution in [0.2, 0.25) is 0 Å². The van der Waals surface area contributed by atoms with Gasteiger partial charge in [0.05, 0.1) is 17.2 Å². The maximum atomic E-state index is 13.0. The third-order valence-corrected chi connectivity index (χ3v) is 6.40. The van der Waals surface area contributed by atoms with E-state index in [4.69, 9.17) is 9.47 Å². The van der Waals surface area contributed by atoms with E-state index in [0.717, 1.165) is 58.3 Å². The van der Waals surface area contributed by atoms with Crippen molar-refractivity contribution in [2.75, 3.05) is 6.61 Å². The van der Waals surface area contributed by atoms with Crippen LogP contribution in [-0.2, 0) is 9.59 Å². The predicted octanol–water partition coefficient (Wildman–Crippen LogP) is 5.34. The van der Waals surface area contributed by atoms with Gasteiger partial charge in [-0.3, -0.25) is 9.59 Å². The van der Waals surface area contributed by atoms with Crippen molar-refractivity contribution >= 4 is 27.5 Å². The lowest BCUT2D eigenvalue weighted by molar-refractivity contribution is -0.116. The molecule has 0 atom stereocenters. The summed E-state index contributed by atoms with van der Waals surface area (Å²) < 4.78 is 12.7. The second-order valence-electron chi connectivity index (χ2n) is 8.33. The minimum absolute atomic E-state index is 0.00583. The first-order chi connectivity index (χ1) is 14.4. The normalized spacial score (nSPS) is 19.6. The molecule has 2 aliphatic carbocycles. The van der Waals surface area contributed by atoms with Crippen molar-refractivity contribution < 1.29 is 19.1 Å². The van der Waals surface area contributed by atoms with Crippen molar-refractivity contribution in [2.24, 2.45) is 0 Å². The number of allylic oxidation sites excluding steroid dienone is 4. The molecule has 6 heteroatoms. The Hall–Kier alpha value is -2.08. The third kappa shape index (κ3) is 3.82. The molecule has 0 fully saturated rings. The van der Waals surface area contributed by atoms with E-state index in [1.54, 1.807) is 0 Å². The Balaban J connectivity index is 1.89. The van der Waals surface area contributed by atoms with Gasteiger partial charge in [0.15, 0.2) is 23.1 Å². The van der Waals surface area contributed by atoms with E-state index in [1.165, 1.54) is 0 Å². The fourth-order valence-electron chi connectivity index (χ4n) is 4.68. The average molecular weight is 474 g/mol. The lowest BCUT2D eigenvalue weighted by Gasteiger charge is -2.37. The molecule has 0 spiro atoms. The monoisotopic (exact) mass is 473 g/mol. The highest BCUT2D eigenvalue weighted by Gasteiger charge is 2.40. The molecule has 1 N–H and O–H groups in total. The highest BCUT2D eigenvalue weighted by atomic mass is 79.9. The van der Waals surface area contributed by atoms with E-state index in [9.17, 15) is 9.59 Å². The molecule has 0 radical (unpaired) electrons. The van der Waals surface area contributed by atoms with Gasteiger partial charge in [0, 0.05) is 41.3 Å². The van der Waals surface area contributed by atoms with Crippen molar-refractivity contribution in [3.8, 4) is 11.5 Å². The first-order valence-electron chi connectivity index (χ1n) is 10.8. The molecule has 30 heavy (non-hydrogen) atoms. The van der Waals surface area contributed by atoms with Crippen LogP contribution < -0.4 is 14.8 Å². The zero-order valence-corrected chi connectivity index (χ0v) is 19.4. The van der Waals surface area contributed by atoms with Crippen LogP contribution in [0.1, 0.15) is 70.8 Å². The predicted molar refractivity (Wildman–Crippen MR) is 119 cm³/mol. The van der Waals surface area contributed by atoms with E-state index < -0.39 is 0 Å². The molecule has 0 amide bonds. The molecule has 1 aliphatic heterocycles. The van der Waals surface area contributed by atoms with Crippen LogP contribution in [-0.4, -0.2) is 24.3 Å². The van der Waals surface area contributed by atoms with E-state index in [0.29, 0.717) is 30.9 Å². The van der Waals surface area contributed by atoms with E-state index in [1.807, 2.05) is 32.9 Å². The quantitative estimate of drug-likeness (QED) is 0.625. The van der Waals surface area contributed by atoms with Gasteiger partial charge in [0.1, 0.15) is 0 Å². The van der Waals surface area contributed by atoms with E-state index in [-0.39, 0.29) is 23.6 Å². The van der Waals surface area contributed by atoms with Crippen molar-refractivity contribution in [2.45, 2.75) is 71.3 Å². The standard InChI is InChI=1S/C24H28BrNO4/c1-4-29-20-12-14(11-15(25)24(20)30-13(2)3)21-22-16(7-5-9-18(22)27)26-17-8-6-10-19(28)23(17)21/h11-13,21,26H,4-10H2,1-3H3. The molecule has 5 nitrogen and oxygen atoms in total. The number of rotatable bonds is 5. The van der Waals surface area contributed by atoms with Crippen LogP contribution in [0.3, 0.4) is 0 Å². The Labute approximate surface area is 186 Å². The van der Waals surface area contributed by atoms with Gasteiger partial charge < -0.3 is 14.8 Å². The minimum atomic E-state index is -0.347. The fourth-order valence-corrected chi connectivity index (χ4v) is 5.24. The van der Waals surface area contributed by atoms with Gasteiger partial charge in [-0.05, 0) is 80.1 Å².